The Balaban J connectivity index is 1.39. The van der Waals surface area contributed by atoms with Crippen molar-refractivity contribution in [1.82, 2.24) is 15.5 Å². The Kier molecular flexibility index (Phi) is 6.73. The first-order chi connectivity index (χ1) is 14.7. The lowest BCUT2D eigenvalue weighted by Crippen LogP contribution is -3.14. The van der Waals surface area contributed by atoms with Crippen molar-refractivity contribution in [3.05, 3.63) is 23.3 Å². The fourth-order valence-corrected chi connectivity index (χ4v) is 7.54. The van der Waals surface area contributed by atoms with Crippen molar-refractivity contribution in [2.45, 2.75) is 91.5 Å². The molecule has 0 amide bonds. The SMILES string of the molecule is CC(=CCN1C[NH+](C)C2C(N)NCNC21)CCC1(C)C(C)CCC2(C)C(C)=CCCC21. The summed E-state index contributed by atoms with van der Waals surface area (Å²) in [5, 5.41) is 6.99. The van der Waals surface area contributed by atoms with Gasteiger partial charge in [-0.1, -0.05) is 44.1 Å². The lowest BCUT2D eigenvalue weighted by molar-refractivity contribution is -0.899. The maximum atomic E-state index is 6.34. The highest BCUT2D eigenvalue weighted by Crippen LogP contribution is 2.61. The van der Waals surface area contributed by atoms with E-state index in [4.69, 9.17) is 5.73 Å². The van der Waals surface area contributed by atoms with Gasteiger partial charge in [-0.2, -0.15) is 0 Å². The molecular weight excluding hydrogens is 382 g/mol. The fraction of sp³-hybridized carbons (Fsp3) is 0.846. The number of hydrogen-bond acceptors (Lipinski definition) is 4. The standard InChI is InChI=1S/C26H47N5/c1-18(12-15-31-17-30(6)22-23(27)28-16-29-24(22)31)10-13-25(4)20(3)11-14-26(5)19(2)8-7-9-21(25)26/h8,12,20-24,28-29H,7,9-11,13-17,27H2,1-6H3/p+1. The monoisotopic (exact) mass is 430 g/mol. The number of quaternary nitrogens is 1. The van der Waals surface area contributed by atoms with Crippen molar-refractivity contribution in [3.8, 4) is 0 Å². The molecule has 2 saturated heterocycles. The molecule has 4 rings (SSSR count). The maximum Gasteiger partial charge on any atom is 0.146 e. The second kappa shape index (κ2) is 8.90. The quantitative estimate of drug-likeness (QED) is 0.506. The molecule has 2 aliphatic carbocycles. The van der Waals surface area contributed by atoms with Crippen LogP contribution in [0.3, 0.4) is 0 Å². The van der Waals surface area contributed by atoms with E-state index < -0.39 is 0 Å². The second-order valence-electron chi connectivity index (χ2n) is 11.8. The van der Waals surface area contributed by atoms with Crippen LogP contribution in [0.25, 0.3) is 0 Å². The average molecular weight is 431 g/mol. The van der Waals surface area contributed by atoms with E-state index in [0.29, 0.717) is 23.0 Å². The van der Waals surface area contributed by atoms with E-state index >= 15 is 0 Å². The molecule has 0 bridgehead atoms. The van der Waals surface area contributed by atoms with Crippen LogP contribution in [-0.4, -0.2) is 50.2 Å². The highest BCUT2D eigenvalue weighted by Gasteiger charge is 2.53. The minimum absolute atomic E-state index is 0.0800. The zero-order valence-electron chi connectivity index (χ0n) is 20.9. The van der Waals surface area contributed by atoms with Gasteiger partial charge in [-0.3, -0.25) is 10.6 Å². The minimum Gasteiger partial charge on any atom is -0.318 e. The van der Waals surface area contributed by atoms with Gasteiger partial charge in [0, 0.05) is 13.2 Å². The van der Waals surface area contributed by atoms with E-state index in [1.165, 1.54) is 43.4 Å². The number of nitrogens with zero attached hydrogens (tertiary/aromatic N) is 1. The van der Waals surface area contributed by atoms with Gasteiger partial charge in [-0.15, -0.1) is 0 Å². The second-order valence-corrected chi connectivity index (χ2v) is 11.8. The Morgan fingerprint density at radius 3 is 2.87 bits per heavy atom. The summed E-state index contributed by atoms with van der Waals surface area (Å²) in [4.78, 5) is 4.08. The van der Waals surface area contributed by atoms with Crippen molar-refractivity contribution < 1.29 is 4.90 Å². The van der Waals surface area contributed by atoms with E-state index in [2.05, 4.69) is 69.4 Å². The normalized spacial score (nSPS) is 46.4. The van der Waals surface area contributed by atoms with Crippen LogP contribution in [0.1, 0.15) is 73.1 Å². The Labute approximate surface area is 190 Å². The summed E-state index contributed by atoms with van der Waals surface area (Å²) in [6.45, 7) is 15.4. The first-order valence-electron chi connectivity index (χ1n) is 12.8. The van der Waals surface area contributed by atoms with Crippen LogP contribution >= 0.6 is 0 Å². The molecule has 0 radical (unpaired) electrons. The third-order valence-electron chi connectivity index (χ3n) is 10.1. The summed E-state index contributed by atoms with van der Waals surface area (Å²) in [7, 11) is 2.27. The molecule has 0 aromatic carbocycles. The lowest BCUT2D eigenvalue weighted by atomic mass is 9.47. The smallest absolute Gasteiger partial charge is 0.146 e. The Morgan fingerprint density at radius 1 is 1.32 bits per heavy atom. The van der Waals surface area contributed by atoms with Crippen LogP contribution in [0.2, 0.25) is 0 Å². The highest BCUT2D eigenvalue weighted by atomic mass is 15.5. The van der Waals surface area contributed by atoms with Crippen LogP contribution in [0.4, 0.5) is 0 Å². The van der Waals surface area contributed by atoms with Crippen LogP contribution < -0.4 is 21.3 Å². The number of fused-ring (bicyclic) bond motifs is 2. The van der Waals surface area contributed by atoms with Gasteiger partial charge >= 0.3 is 0 Å². The third-order valence-corrected chi connectivity index (χ3v) is 10.1. The Morgan fingerprint density at radius 2 is 2.10 bits per heavy atom. The average Bonchev–Trinajstić information content (AvgIpc) is 3.07. The molecule has 5 heteroatoms. The molecule has 0 aromatic rings. The van der Waals surface area contributed by atoms with E-state index in [9.17, 15) is 0 Å². The van der Waals surface area contributed by atoms with Crippen LogP contribution in [-0.2, 0) is 0 Å². The molecule has 8 atom stereocenters. The van der Waals surface area contributed by atoms with Crippen LogP contribution in [0, 0.1) is 22.7 Å². The van der Waals surface area contributed by atoms with Gasteiger partial charge in [0.2, 0.25) is 0 Å². The molecule has 0 spiro atoms. The Bertz CT molecular complexity index is 717. The number of hydrogen-bond donors (Lipinski definition) is 4. The van der Waals surface area contributed by atoms with Gasteiger partial charge in [-0.25, -0.2) is 4.90 Å². The molecule has 2 aliphatic heterocycles. The first kappa shape index (κ1) is 23.4. The zero-order chi connectivity index (χ0) is 22.4. The van der Waals surface area contributed by atoms with E-state index in [1.807, 2.05) is 0 Å². The topological polar surface area (TPSA) is 57.8 Å². The zero-order valence-corrected chi connectivity index (χ0v) is 20.9. The van der Waals surface area contributed by atoms with Gasteiger partial charge in [0.1, 0.15) is 25.0 Å². The van der Waals surface area contributed by atoms with Crippen LogP contribution in [0.5, 0.6) is 0 Å². The number of rotatable bonds is 5. The van der Waals surface area contributed by atoms with Crippen molar-refractivity contribution in [1.29, 1.82) is 0 Å². The predicted octanol–water partition coefficient (Wildman–Crippen LogP) is 2.43. The number of nitrogens with two attached hydrogens (primary N) is 1. The number of allylic oxidation sites excluding steroid dienone is 3. The van der Waals surface area contributed by atoms with E-state index in [-0.39, 0.29) is 6.17 Å². The summed E-state index contributed by atoms with van der Waals surface area (Å²) in [5.74, 6) is 1.65. The van der Waals surface area contributed by atoms with E-state index in [0.717, 1.165) is 31.7 Å². The summed E-state index contributed by atoms with van der Waals surface area (Å²) < 4.78 is 0. The summed E-state index contributed by atoms with van der Waals surface area (Å²) in [5.41, 5.74) is 10.4. The largest absolute Gasteiger partial charge is 0.318 e. The molecule has 4 aliphatic rings. The van der Waals surface area contributed by atoms with E-state index in [1.54, 1.807) is 11.1 Å². The summed E-state index contributed by atoms with van der Waals surface area (Å²) in [6, 6.07) is 0.421. The van der Waals surface area contributed by atoms with Crippen molar-refractivity contribution in [3.63, 3.8) is 0 Å². The number of likely N-dealkylation sites (N-methyl/N-ethyl adjacent to an activating group) is 1. The molecule has 5 N–H and O–H groups in total. The molecule has 0 aromatic heterocycles. The van der Waals surface area contributed by atoms with Gasteiger partial charge < -0.3 is 10.6 Å². The summed E-state index contributed by atoms with van der Waals surface area (Å²) >= 11 is 0. The lowest BCUT2D eigenvalue weighted by Gasteiger charge is -2.58. The minimum atomic E-state index is 0.0800. The van der Waals surface area contributed by atoms with Gasteiger partial charge in [0.15, 0.2) is 0 Å². The third kappa shape index (κ3) is 4.17. The predicted molar refractivity (Wildman–Crippen MR) is 129 cm³/mol. The van der Waals surface area contributed by atoms with Crippen molar-refractivity contribution in [2.75, 3.05) is 26.9 Å². The molecule has 31 heavy (non-hydrogen) atoms. The molecule has 176 valence electrons. The van der Waals surface area contributed by atoms with Gasteiger partial charge in [0.05, 0.1) is 7.05 Å². The highest BCUT2D eigenvalue weighted by molar-refractivity contribution is 5.21. The maximum absolute atomic E-state index is 6.34. The molecule has 1 saturated carbocycles. The fourth-order valence-electron chi connectivity index (χ4n) is 7.54. The van der Waals surface area contributed by atoms with Crippen LogP contribution in [0.15, 0.2) is 23.3 Å². The molecule has 5 nitrogen and oxygen atoms in total. The van der Waals surface area contributed by atoms with Crippen molar-refractivity contribution >= 4 is 0 Å². The van der Waals surface area contributed by atoms with Gasteiger partial charge in [-0.05, 0) is 75.0 Å². The van der Waals surface area contributed by atoms with Crippen molar-refractivity contribution in [2.24, 2.45) is 28.4 Å². The molecular formula is C26H48N5+. The Hall–Kier alpha value is -0.720. The number of nitrogens with one attached hydrogen (secondary N) is 3. The van der Waals surface area contributed by atoms with Gasteiger partial charge in [0.25, 0.3) is 0 Å². The molecule has 2 heterocycles. The molecule has 8 unspecified atom stereocenters. The first-order valence-corrected chi connectivity index (χ1v) is 12.8. The summed E-state index contributed by atoms with van der Waals surface area (Å²) in [6.07, 6.45) is 13.5. The molecule has 3 fully saturated rings.